The van der Waals surface area contributed by atoms with Crippen molar-refractivity contribution in [3.05, 3.63) is 89.5 Å². The lowest BCUT2D eigenvalue weighted by Crippen LogP contribution is -2.07. The number of esters is 3. The molecule has 0 amide bonds. The number of ether oxygens (including phenoxy) is 3. The molecule has 0 aromatic heterocycles. The number of allylic oxidation sites excluding steroid dienone is 1. The minimum Gasteiger partial charge on any atom is -0.427 e. The van der Waals surface area contributed by atoms with E-state index >= 15 is 0 Å². The second-order valence-electron chi connectivity index (χ2n) is 7.54. The van der Waals surface area contributed by atoms with E-state index in [1.165, 1.54) is 20.8 Å². The molecular weight excluding hydrogens is 432 g/mol. The Labute approximate surface area is 198 Å². The molecule has 6 heteroatoms. The highest BCUT2D eigenvalue weighted by atomic mass is 16.6. The number of carbonyl (C=O) groups excluding carboxylic acids is 3. The zero-order valence-corrected chi connectivity index (χ0v) is 19.6. The average Bonchev–Trinajstić information content (AvgIpc) is 2.79. The van der Waals surface area contributed by atoms with Gasteiger partial charge < -0.3 is 14.2 Å². The summed E-state index contributed by atoms with van der Waals surface area (Å²) in [5.74, 6) is -0.614. The van der Waals surface area contributed by atoms with E-state index in [2.05, 4.69) is 6.92 Å². The monoisotopic (exact) mass is 458 g/mol. The van der Waals surface area contributed by atoms with Gasteiger partial charge in [-0.05, 0) is 58.5 Å². The van der Waals surface area contributed by atoms with Gasteiger partial charge in [-0.3, -0.25) is 14.4 Å². The molecule has 0 aliphatic carbocycles. The molecule has 0 bridgehead atoms. The van der Waals surface area contributed by atoms with E-state index in [0.717, 1.165) is 27.8 Å². The summed E-state index contributed by atoms with van der Waals surface area (Å²) in [6, 6.07) is 22.3. The van der Waals surface area contributed by atoms with Crippen molar-refractivity contribution in [3.8, 4) is 17.2 Å². The largest absolute Gasteiger partial charge is 0.427 e. The Kier molecular flexibility index (Phi) is 7.98. The van der Waals surface area contributed by atoms with Gasteiger partial charge >= 0.3 is 17.9 Å². The van der Waals surface area contributed by atoms with Gasteiger partial charge in [-0.1, -0.05) is 55.5 Å². The van der Waals surface area contributed by atoms with Crippen LogP contribution in [0.15, 0.2) is 72.8 Å². The molecule has 0 atom stereocenters. The Bertz CT molecular complexity index is 1220. The normalized spacial score (nSPS) is 11.3. The lowest BCUT2D eigenvalue weighted by molar-refractivity contribution is -0.134. The maximum Gasteiger partial charge on any atom is 0.308 e. The predicted octanol–water partition coefficient (Wildman–Crippen LogP) is 5.83. The first-order valence-corrected chi connectivity index (χ1v) is 10.9. The number of benzene rings is 3. The summed E-state index contributed by atoms with van der Waals surface area (Å²) in [5.41, 5.74) is 4.69. The molecule has 0 N–H and O–H groups in total. The van der Waals surface area contributed by atoms with Crippen molar-refractivity contribution in [1.29, 1.82) is 0 Å². The molecule has 174 valence electrons. The molecule has 0 heterocycles. The molecule has 3 aromatic rings. The molecular formula is C28H26O6. The van der Waals surface area contributed by atoms with Gasteiger partial charge in [-0.15, -0.1) is 0 Å². The van der Waals surface area contributed by atoms with Crippen molar-refractivity contribution in [1.82, 2.24) is 0 Å². The molecule has 3 aromatic carbocycles. The highest BCUT2D eigenvalue weighted by Gasteiger charge is 2.17. The van der Waals surface area contributed by atoms with Crippen molar-refractivity contribution in [3.63, 3.8) is 0 Å². The highest BCUT2D eigenvalue weighted by Crippen LogP contribution is 2.38. The van der Waals surface area contributed by atoms with Crippen molar-refractivity contribution in [2.75, 3.05) is 0 Å². The van der Waals surface area contributed by atoms with Crippen LogP contribution in [0.25, 0.3) is 11.1 Å². The molecule has 0 aliphatic rings. The number of carbonyl (C=O) groups is 3. The van der Waals surface area contributed by atoms with E-state index in [-0.39, 0.29) is 17.5 Å². The van der Waals surface area contributed by atoms with Crippen LogP contribution in [-0.4, -0.2) is 17.9 Å². The molecule has 3 rings (SSSR count). The predicted molar refractivity (Wildman–Crippen MR) is 129 cm³/mol. The Morgan fingerprint density at radius 2 is 1.18 bits per heavy atom. The van der Waals surface area contributed by atoms with Gasteiger partial charge in [0.15, 0.2) is 11.5 Å². The molecule has 0 spiro atoms. The molecule has 0 saturated heterocycles. The van der Waals surface area contributed by atoms with E-state index in [9.17, 15) is 14.4 Å². The van der Waals surface area contributed by atoms with Crippen LogP contribution in [0.2, 0.25) is 0 Å². The molecule has 6 nitrogen and oxygen atoms in total. The first-order chi connectivity index (χ1) is 16.3. The quantitative estimate of drug-likeness (QED) is 0.252. The van der Waals surface area contributed by atoms with Gasteiger partial charge in [-0.2, -0.15) is 0 Å². The van der Waals surface area contributed by atoms with Crippen LogP contribution in [0.3, 0.4) is 0 Å². The summed E-state index contributed by atoms with van der Waals surface area (Å²) in [6.07, 6.45) is 0.700. The summed E-state index contributed by atoms with van der Waals surface area (Å²) in [5, 5.41) is 0. The fourth-order valence-electron chi connectivity index (χ4n) is 3.67. The van der Waals surface area contributed by atoms with Gasteiger partial charge in [0.25, 0.3) is 0 Å². The molecule has 34 heavy (non-hydrogen) atoms. The van der Waals surface area contributed by atoms with E-state index in [1.807, 2.05) is 48.5 Å². The molecule has 0 saturated carbocycles. The van der Waals surface area contributed by atoms with Gasteiger partial charge in [0.05, 0.1) is 0 Å². The zero-order chi connectivity index (χ0) is 24.7. The Morgan fingerprint density at radius 3 is 1.74 bits per heavy atom. The van der Waals surface area contributed by atoms with Crippen LogP contribution >= 0.6 is 0 Å². The maximum atomic E-state index is 11.7. The summed E-state index contributed by atoms with van der Waals surface area (Å²) >= 11 is 0. The van der Waals surface area contributed by atoms with Crippen LogP contribution in [-0.2, 0) is 14.4 Å². The topological polar surface area (TPSA) is 78.9 Å². The van der Waals surface area contributed by atoms with Gasteiger partial charge in [0.2, 0.25) is 0 Å². The SMILES string of the molecule is CC/C(=C(/c1ccccc1)c1ccc(OC(C)=O)c(OC(C)=O)c1)c1ccc(OC(C)=O)cc1. The summed E-state index contributed by atoms with van der Waals surface area (Å²) in [4.78, 5) is 34.5. The molecule has 0 aliphatic heterocycles. The summed E-state index contributed by atoms with van der Waals surface area (Å²) < 4.78 is 15.8. The second kappa shape index (κ2) is 11.1. The van der Waals surface area contributed by atoms with Crippen LogP contribution in [0.5, 0.6) is 17.2 Å². The minimum atomic E-state index is -0.521. The van der Waals surface area contributed by atoms with Gasteiger partial charge in [-0.25, -0.2) is 0 Å². The first-order valence-electron chi connectivity index (χ1n) is 10.9. The Balaban J connectivity index is 2.21. The molecule has 0 unspecified atom stereocenters. The van der Waals surface area contributed by atoms with Crippen molar-refractivity contribution < 1.29 is 28.6 Å². The van der Waals surface area contributed by atoms with Crippen LogP contribution < -0.4 is 14.2 Å². The fraction of sp³-hybridized carbons (Fsp3) is 0.179. The lowest BCUT2D eigenvalue weighted by atomic mass is 9.88. The van der Waals surface area contributed by atoms with E-state index in [0.29, 0.717) is 12.2 Å². The maximum absolute atomic E-state index is 11.7. The highest BCUT2D eigenvalue weighted by molar-refractivity contribution is 5.99. The summed E-state index contributed by atoms with van der Waals surface area (Å²) in [6.45, 7) is 5.99. The van der Waals surface area contributed by atoms with Crippen LogP contribution in [0.4, 0.5) is 0 Å². The third-order valence-electron chi connectivity index (χ3n) is 4.92. The fourth-order valence-corrected chi connectivity index (χ4v) is 3.67. The third-order valence-corrected chi connectivity index (χ3v) is 4.92. The van der Waals surface area contributed by atoms with Crippen molar-refractivity contribution >= 4 is 29.1 Å². The smallest absolute Gasteiger partial charge is 0.308 e. The number of hydrogen-bond donors (Lipinski definition) is 0. The standard InChI is InChI=1S/C28H26O6/c1-5-25(21-11-14-24(15-12-21)32-18(2)29)28(22-9-7-6-8-10-22)23-13-16-26(33-19(3)30)27(17-23)34-20(4)31/h6-17H,5H2,1-4H3/b28-25+. The van der Waals surface area contributed by atoms with Crippen LogP contribution in [0.1, 0.15) is 50.8 Å². The van der Waals surface area contributed by atoms with E-state index in [4.69, 9.17) is 14.2 Å². The minimum absolute atomic E-state index is 0.161. The van der Waals surface area contributed by atoms with Crippen molar-refractivity contribution in [2.45, 2.75) is 34.1 Å². The lowest BCUT2D eigenvalue weighted by Gasteiger charge is -2.18. The van der Waals surface area contributed by atoms with Crippen molar-refractivity contribution in [2.24, 2.45) is 0 Å². The zero-order valence-electron chi connectivity index (χ0n) is 19.6. The Hall–Kier alpha value is -4.19. The first kappa shape index (κ1) is 24.5. The third kappa shape index (κ3) is 6.19. The summed E-state index contributed by atoms with van der Waals surface area (Å²) in [7, 11) is 0. The van der Waals surface area contributed by atoms with E-state index in [1.54, 1.807) is 24.3 Å². The number of hydrogen-bond acceptors (Lipinski definition) is 6. The van der Waals surface area contributed by atoms with Crippen LogP contribution in [0, 0.1) is 0 Å². The van der Waals surface area contributed by atoms with Gasteiger partial charge in [0.1, 0.15) is 5.75 Å². The Morgan fingerprint density at radius 1 is 0.618 bits per heavy atom. The van der Waals surface area contributed by atoms with E-state index < -0.39 is 11.9 Å². The molecule has 0 radical (unpaired) electrons. The average molecular weight is 459 g/mol. The second-order valence-corrected chi connectivity index (χ2v) is 7.54. The number of rotatable bonds is 7. The molecule has 0 fully saturated rings. The van der Waals surface area contributed by atoms with Gasteiger partial charge in [0, 0.05) is 20.8 Å².